The van der Waals surface area contributed by atoms with Crippen molar-refractivity contribution < 1.29 is 28.8 Å². The number of terminal acetylenes is 1. The number of carbonyl (C=O) groups excluding carboxylic acids is 6. The number of carbonyl (C=O) groups is 6. The molecule has 0 saturated heterocycles. The highest BCUT2D eigenvalue weighted by Gasteiger charge is 2.22. The van der Waals surface area contributed by atoms with E-state index in [9.17, 15) is 47.9 Å². The van der Waals surface area contributed by atoms with Crippen molar-refractivity contribution in [2.75, 3.05) is 58.9 Å². The van der Waals surface area contributed by atoms with Crippen molar-refractivity contribution in [1.29, 1.82) is 0 Å². The van der Waals surface area contributed by atoms with Gasteiger partial charge in [-0.25, -0.2) is 9.59 Å². The summed E-state index contributed by atoms with van der Waals surface area (Å²) < 4.78 is 1.92. The molecule has 0 radical (unpaired) electrons. The molecular weight excluding hydrogens is 686 g/mol. The summed E-state index contributed by atoms with van der Waals surface area (Å²) in [6.07, 6.45) is 7.67. The van der Waals surface area contributed by atoms with Gasteiger partial charge in [0.1, 0.15) is 13.1 Å². The van der Waals surface area contributed by atoms with Crippen molar-refractivity contribution in [2.45, 2.75) is 39.8 Å². The Balaban J connectivity index is 2.11. The third kappa shape index (κ3) is 13.5. The molecule has 21 nitrogen and oxygen atoms in total. The summed E-state index contributed by atoms with van der Waals surface area (Å²) in [6, 6.07) is 0. The zero-order valence-electron chi connectivity index (χ0n) is 28.9. The first kappa shape index (κ1) is 41.9. The van der Waals surface area contributed by atoms with Crippen molar-refractivity contribution in [3.8, 4) is 12.3 Å². The summed E-state index contributed by atoms with van der Waals surface area (Å²) >= 11 is 0. The van der Waals surface area contributed by atoms with Gasteiger partial charge < -0.3 is 36.8 Å². The van der Waals surface area contributed by atoms with Gasteiger partial charge in [0.05, 0.1) is 19.6 Å². The average Bonchev–Trinajstić information content (AvgIpc) is 3.07. The summed E-state index contributed by atoms with van der Waals surface area (Å²) in [5.41, 5.74) is 8.26. The number of amides is 6. The van der Waals surface area contributed by atoms with E-state index in [0.29, 0.717) is 0 Å². The summed E-state index contributed by atoms with van der Waals surface area (Å²) in [6.45, 7) is -0.354. The van der Waals surface area contributed by atoms with Gasteiger partial charge in [-0.15, -0.1) is 12.3 Å². The van der Waals surface area contributed by atoms with Gasteiger partial charge in [-0.1, -0.05) is 0 Å². The van der Waals surface area contributed by atoms with Crippen LogP contribution in [-0.4, -0.2) is 128 Å². The number of aryl methyl sites for hydroxylation is 2. The minimum atomic E-state index is -0.866. The molecule has 21 heteroatoms. The van der Waals surface area contributed by atoms with Crippen molar-refractivity contribution >= 4 is 35.4 Å². The lowest BCUT2D eigenvalue weighted by Gasteiger charge is -2.25. The Morgan fingerprint density at radius 3 is 1.56 bits per heavy atom. The van der Waals surface area contributed by atoms with Gasteiger partial charge >= 0.3 is 11.4 Å². The molecule has 2 aromatic heterocycles. The second-order valence-electron chi connectivity index (χ2n) is 11.5. The van der Waals surface area contributed by atoms with Crippen molar-refractivity contribution in [3.05, 3.63) is 65.2 Å². The predicted molar refractivity (Wildman–Crippen MR) is 184 cm³/mol. The van der Waals surface area contributed by atoms with Crippen molar-refractivity contribution in [3.63, 3.8) is 0 Å². The van der Waals surface area contributed by atoms with E-state index in [1.54, 1.807) is 0 Å². The molecule has 0 unspecified atom stereocenters. The zero-order valence-corrected chi connectivity index (χ0v) is 28.9. The summed E-state index contributed by atoms with van der Waals surface area (Å²) in [4.78, 5) is 131. The van der Waals surface area contributed by atoms with Crippen LogP contribution in [-0.2, 0) is 41.9 Å². The van der Waals surface area contributed by atoms with Crippen LogP contribution in [0.25, 0.3) is 0 Å². The van der Waals surface area contributed by atoms with Crippen LogP contribution in [0.15, 0.2) is 31.6 Å². The highest BCUT2D eigenvalue weighted by molar-refractivity contribution is 5.86. The Morgan fingerprint density at radius 2 is 1.15 bits per heavy atom. The molecule has 0 fully saturated rings. The Labute approximate surface area is 296 Å². The Hall–Kier alpha value is -6.30. The molecule has 0 bridgehead atoms. The Kier molecular flexibility index (Phi) is 16.4. The number of hydrogen-bond donors (Lipinski definition) is 6. The lowest BCUT2D eigenvalue weighted by Crippen LogP contribution is -2.49. The van der Waals surface area contributed by atoms with Gasteiger partial charge in [-0.3, -0.25) is 57.5 Å². The molecule has 2 aromatic rings. The van der Waals surface area contributed by atoms with Crippen LogP contribution in [0, 0.1) is 26.2 Å². The molecule has 0 saturated carbocycles. The lowest BCUT2D eigenvalue weighted by atomic mass is 10.2. The lowest BCUT2D eigenvalue weighted by molar-refractivity contribution is -0.137. The highest BCUT2D eigenvalue weighted by Crippen LogP contribution is 1.99. The topological polar surface area (TPSA) is 298 Å². The smallest absolute Gasteiger partial charge is 0.328 e. The largest absolute Gasteiger partial charge is 0.368 e. The van der Waals surface area contributed by atoms with E-state index < -0.39 is 90.7 Å². The standard InChI is InChI=1S/C31H43N11O10/c1-4-5-6-25(46)39(15-22(33)43)11-8-34-24(45)17-40(27(48)19-42-14-21(3)29(50)37-31(42)52)12-9-35-23(44)16-38(10-7-32)26(47)18-41-13-20(2)28(49)36-30(41)51/h1,13-14H,5-12,15-19,32H2,2-3H3,(H2,33,43)(H,34,45)(H,35,44)(H,36,49,51)(H,37,50,52). The molecule has 0 aromatic carbocycles. The summed E-state index contributed by atoms with van der Waals surface area (Å²) in [5.74, 6) is -1.64. The predicted octanol–water partition coefficient (Wildman–Crippen LogP) is -5.72. The number of H-pyrrole nitrogens is 2. The fourth-order valence-corrected chi connectivity index (χ4v) is 4.64. The van der Waals surface area contributed by atoms with Crippen LogP contribution >= 0.6 is 0 Å². The number of nitrogens with two attached hydrogens (primary N) is 2. The van der Waals surface area contributed by atoms with Crippen LogP contribution < -0.4 is 44.6 Å². The van der Waals surface area contributed by atoms with Crippen LogP contribution in [0.3, 0.4) is 0 Å². The number of nitrogens with zero attached hydrogens (tertiary/aromatic N) is 5. The Bertz CT molecular complexity index is 1920. The normalized spacial score (nSPS) is 10.5. The second-order valence-corrected chi connectivity index (χ2v) is 11.5. The second kappa shape index (κ2) is 20.4. The van der Waals surface area contributed by atoms with Crippen LogP contribution in [0.4, 0.5) is 0 Å². The summed E-state index contributed by atoms with van der Waals surface area (Å²) in [5, 5.41) is 5.08. The maximum atomic E-state index is 13.3. The quantitative estimate of drug-likeness (QED) is 0.0698. The first-order chi connectivity index (χ1) is 24.6. The SMILES string of the molecule is C#CCCC(=O)N(CCNC(=O)CN(CCNC(=O)CN(CCN)C(=O)Cn1cc(C)c(=O)[nH]c1=O)C(=O)Cn1cc(C)c(=O)[nH]c1=O)CC(N)=O. The number of aromatic nitrogens is 4. The number of hydrogen-bond acceptors (Lipinski definition) is 11. The molecule has 6 amide bonds. The molecule has 52 heavy (non-hydrogen) atoms. The van der Waals surface area contributed by atoms with E-state index >= 15 is 0 Å². The maximum absolute atomic E-state index is 13.3. The van der Waals surface area contributed by atoms with E-state index in [1.807, 2.05) is 0 Å². The fourth-order valence-electron chi connectivity index (χ4n) is 4.64. The van der Waals surface area contributed by atoms with Gasteiger partial charge in [0.2, 0.25) is 35.4 Å². The molecule has 8 N–H and O–H groups in total. The average molecular weight is 730 g/mol. The number of rotatable bonds is 20. The van der Waals surface area contributed by atoms with Crippen molar-refractivity contribution in [1.82, 2.24) is 44.4 Å². The first-order valence-electron chi connectivity index (χ1n) is 16.0. The molecule has 2 heterocycles. The molecule has 2 rings (SSSR count). The van der Waals surface area contributed by atoms with E-state index in [1.165, 1.54) is 26.2 Å². The molecule has 282 valence electrons. The van der Waals surface area contributed by atoms with Gasteiger partial charge in [0.15, 0.2) is 0 Å². The zero-order chi connectivity index (χ0) is 39.0. The van der Waals surface area contributed by atoms with Gasteiger partial charge in [0.25, 0.3) is 11.1 Å². The number of aromatic amines is 2. The molecule has 0 aliphatic carbocycles. The fraction of sp³-hybridized carbons (Fsp3) is 0.484. The van der Waals surface area contributed by atoms with Crippen LogP contribution in [0.1, 0.15) is 24.0 Å². The van der Waals surface area contributed by atoms with E-state index in [4.69, 9.17) is 17.9 Å². The van der Waals surface area contributed by atoms with E-state index in [2.05, 4.69) is 26.5 Å². The van der Waals surface area contributed by atoms with E-state index in [0.717, 1.165) is 23.8 Å². The van der Waals surface area contributed by atoms with E-state index in [-0.39, 0.29) is 63.2 Å². The third-order valence-electron chi connectivity index (χ3n) is 7.35. The monoisotopic (exact) mass is 729 g/mol. The van der Waals surface area contributed by atoms with Gasteiger partial charge in [-0.05, 0) is 13.8 Å². The minimum Gasteiger partial charge on any atom is -0.368 e. The minimum absolute atomic E-state index is 0.0150. The molecule has 0 spiro atoms. The van der Waals surface area contributed by atoms with Crippen LogP contribution in [0.5, 0.6) is 0 Å². The van der Waals surface area contributed by atoms with Crippen LogP contribution in [0.2, 0.25) is 0 Å². The number of nitrogens with one attached hydrogen (secondary N) is 4. The summed E-state index contributed by atoms with van der Waals surface area (Å²) in [7, 11) is 0. The Morgan fingerprint density at radius 1 is 0.731 bits per heavy atom. The molecule has 0 aliphatic rings. The highest BCUT2D eigenvalue weighted by atomic mass is 16.2. The maximum Gasteiger partial charge on any atom is 0.328 e. The molecule has 0 atom stereocenters. The molecule has 0 aliphatic heterocycles. The van der Waals surface area contributed by atoms with Crippen molar-refractivity contribution in [2.24, 2.45) is 11.5 Å². The first-order valence-corrected chi connectivity index (χ1v) is 16.0. The van der Waals surface area contributed by atoms with Gasteiger partial charge in [-0.2, -0.15) is 0 Å². The molecular formula is C31H43N11O10. The third-order valence-corrected chi connectivity index (χ3v) is 7.35. The number of primary amides is 1. The van der Waals surface area contributed by atoms with Gasteiger partial charge in [0, 0.05) is 75.6 Å².